The molecule has 1 aliphatic carbocycles. The first kappa shape index (κ1) is 34.1. The zero-order chi connectivity index (χ0) is 37.4. The molecule has 1 heterocycles. The lowest BCUT2D eigenvalue weighted by molar-refractivity contribution is 0.660. The molecule has 1 heteroatoms. The molecule has 1 aromatic heterocycles. The largest absolute Gasteiger partial charge is 0.455 e. The zero-order valence-corrected chi connectivity index (χ0v) is 31.5. The molecule has 9 aromatic rings. The second-order valence-electron chi connectivity index (χ2n) is 15.0. The van der Waals surface area contributed by atoms with E-state index in [9.17, 15) is 0 Å². The third-order valence-electron chi connectivity index (χ3n) is 11.1. The van der Waals surface area contributed by atoms with E-state index in [4.69, 9.17) is 4.42 Å². The van der Waals surface area contributed by atoms with Crippen LogP contribution in [0.25, 0.3) is 78.6 Å². The van der Waals surface area contributed by atoms with Crippen molar-refractivity contribution >= 4 is 34.1 Å². The standard InChI is InChI=1S/C35H28.C19H14O/c1-35(2)32-17-9-8-15-31(32)34-30(16-10-18-33(34)35)29-14-7-6-13-28(29)24-21-25-19-22-27(23-20-25)26-11-4-3-5-12-26;1-13-9-11-14(12-10-13)15-6-4-7-17-16-5-2-3-8-18(16)20-19(15)17/h3-24H,1-2H3;2-12H,1H3. The first-order chi connectivity index (χ1) is 27.0. The summed E-state index contributed by atoms with van der Waals surface area (Å²) in [7, 11) is 0. The molecule has 0 atom stereocenters. The molecular weight excluding hydrogens is 665 g/mol. The molecule has 10 rings (SSSR count). The third-order valence-corrected chi connectivity index (χ3v) is 11.1. The summed E-state index contributed by atoms with van der Waals surface area (Å²) < 4.78 is 6.07. The molecule has 0 saturated carbocycles. The van der Waals surface area contributed by atoms with E-state index in [1.54, 1.807) is 0 Å². The van der Waals surface area contributed by atoms with Crippen molar-refractivity contribution in [2.24, 2.45) is 0 Å². The van der Waals surface area contributed by atoms with Gasteiger partial charge in [-0.25, -0.2) is 0 Å². The van der Waals surface area contributed by atoms with E-state index in [1.165, 1.54) is 77.5 Å². The first-order valence-electron chi connectivity index (χ1n) is 19.1. The molecule has 0 N–H and O–H groups in total. The Bertz CT molecular complexity index is 2810. The van der Waals surface area contributed by atoms with Gasteiger partial charge in [-0.15, -0.1) is 0 Å². The number of rotatable bonds is 5. The summed E-state index contributed by atoms with van der Waals surface area (Å²) >= 11 is 0. The van der Waals surface area contributed by atoms with Crippen molar-refractivity contribution in [3.8, 4) is 44.5 Å². The van der Waals surface area contributed by atoms with Gasteiger partial charge < -0.3 is 4.42 Å². The lowest BCUT2D eigenvalue weighted by Gasteiger charge is -2.21. The molecule has 0 bridgehead atoms. The van der Waals surface area contributed by atoms with E-state index in [1.807, 2.05) is 12.1 Å². The van der Waals surface area contributed by atoms with E-state index in [0.29, 0.717) is 0 Å². The highest BCUT2D eigenvalue weighted by Gasteiger charge is 2.36. The quantitative estimate of drug-likeness (QED) is 0.162. The number of aryl methyl sites for hydroxylation is 1. The maximum atomic E-state index is 6.07. The highest BCUT2D eigenvalue weighted by molar-refractivity contribution is 6.09. The van der Waals surface area contributed by atoms with Crippen LogP contribution in [0, 0.1) is 6.92 Å². The smallest absolute Gasteiger partial charge is 0.143 e. The number of hydrogen-bond acceptors (Lipinski definition) is 1. The van der Waals surface area contributed by atoms with Gasteiger partial charge in [-0.2, -0.15) is 0 Å². The van der Waals surface area contributed by atoms with Crippen LogP contribution in [0.4, 0.5) is 0 Å². The van der Waals surface area contributed by atoms with E-state index in [0.717, 1.165) is 16.7 Å². The number of hydrogen-bond donors (Lipinski definition) is 0. The SMILES string of the molecule is CC1(C)c2ccccc2-c2c(-c3ccccc3C=Cc3ccc(-c4ccccc4)cc3)cccc21.Cc1ccc(-c2cccc3c2oc2ccccc23)cc1. The molecular formula is C54H42O. The molecule has 55 heavy (non-hydrogen) atoms. The predicted molar refractivity (Wildman–Crippen MR) is 234 cm³/mol. The van der Waals surface area contributed by atoms with Crippen LogP contribution in [0.15, 0.2) is 192 Å². The summed E-state index contributed by atoms with van der Waals surface area (Å²) in [4.78, 5) is 0. The molecule has 0 unspecified atom stereocenters. The van der Waals surface area contributed by atoms with Gasteiger partial charge in [0, 0.05) is 21.8 Å². The molecule has 0 aliphatic heterocycles. The summed E-state index contributed by atoms with van der Waals surface area (Å²) in [5.74, 6) is 0. The molecule has 264 valence electrons. The fraction of sp³-hybridized carbons (Fsp3) is 0.0741. The molecule has 1 nitrogen and oxygen atoms in total. The van der Waals surface area contributed by atoms with Crippen molar-refractivity contribution in [1.82, 2.24) is 0 Å². The zero-order valence-electron chi connectivity index (χ0n) is 31.5. The number of furan rings is 1. The highest BCUT2D eigenvalue weighted by Crippen LogP contribution is 2.52. The van der Waals surface area contributed by atoms with Gasteiger partial charge in [0.25, 0.3) is 0 Å². The monoisotopic (exact) mass is 706 g/mol. The normalized spacial score (nSPS) is 12.7. The third kappa shape index (κ3) is 6.38. The average molecular weight is 707 g/mol. The van der Waals surface area contributed by atoms with Gasteiger partial charge in [-0.1, -0.05) is 214 Å². The number of para-hydroxylation sites is 2. The topological polar surface area (TPSA) is 13.1 Å². The van der Waals surface area contributed by atoms with Crippen LogP contribution >= 0.6 is 0 Å². The second kappa shape index (κ2) is 14.3. The predicted octanol–water partition coefficient (Wildman–Crippen LogP) is 15.1. The summed E-state index contributed by atoms with van der Waals surface area (Å²) in [6.45, 7) is 6.78. The van der Waals surface area contributed by atoms with Gasteiger partial charge in [-0.3, -0.25) is 0 Å². The maximum Gasteiger partial charge on any atom is 0.143 e. The maximum absolute atomic E-state index is 6.07. The van der Waals surface area contributed by atoms with Crippen LogP contribution in [-0.2, 0) is 5.41 Å². The van der Waals surface area contributed by atoms with Crippen molar-refractivity contribution in [3.05, 3.63) is 216 Å². The van der Waals surface area contributed by atoms with E-state index in [-0.39, 0.29) is 5.41 Å². The Labute approximate surface area is 323 Å². The Hall–Kier alpha value is -6.70. The summed E-state index contributed by atoms with van der Waals surface area (Å²) in [5.41, 5.74) is 18.6. The lowest BCUT2D eigenvalue weighted by Crippen LogP contribution is -2.14. The van der Waals surface area contributed by atoms with Gasteiger partial charge in [0.1, 0.15) is 11.2 Å². The van der Waals surface area contributed by atoms with Gasteiger partial charge in [-0.05, 0) is 74.2 Å². The van der Waals surface area contributed by atoms with E-state index in [2.05, 4.69) is 209 Å². The Morgan fingerprint density at radius 1 is 0.418 bits per heavy atom. The van der Waals surface area contributed by atoms with Crippen LogP contribution < -0.4 is 0 Å². The second-order valence-corrected chi connectivity index (χ2v) is 15.0. The van der Waals surface area contributed by atoms with Gasteiger partial charge in [0.2, 0.25) is 0 Å². The Kier molecular flexibility index (Phi) is 8.84. The lowest BCUT2D eigenvalue weighted by atomic mass is 9.82. The van der Waals surface area contributed by atoms with Crippen LogP contribution in [0.5, 0.6) is 0 Å². The van der Waals surface area contributed by atoms with E-state index < -0.39 is 0 Å². The van der Waals surface area contributed by atoms with Crippen molar-refractivity contribution in [2.75, 3.05) is 0 Å². The fourth-order valence-electron chi connectivity index (χ4n) is 8.18. The average Bonchev–Trinajstić information content (AvgIpc) is 3.73. The molecule has 8 aromatic carbocycles. The van der Waals surface area contributed by atoms with E-state index >= 15 is 0 Å². The Morgan fingerprint density at radius 2 is 1.00 bits per heavy atom. The molecule has 0 saturated heterocycles. The van der Waals surface area contributed by atoms with Crippen LogP contribution in [0.3, 0.4) is 0 Å². The summed E-state index contributed by atoms with van der Waals surface area (Å²) in [6, 6.07) is 66.8. The molecule has 0 fully saturated rings. The minimum atomic E-state index is 0.00716. The number of fused-ring (bicyclic) bond motifs is 6. The van der Waals surface area contributed by atoms with Crippen molar-refractivity contribution < 1.29 is 4.42 Å². The summed E-state index contributed by atoms with van der Waals surface area (Å²) in [6.07, 6.45) is 4.47. The van der Waals surface area contributed by atoms with Crippen LogP contribution in [0.2, 0.25) is 0 Å². The van der Waals surface area contributed by atoms with Crippen LogP contribution in [0.1, 0.15) is 41.7 Å². The fourth-order valence-corrected chi connectivity index (χ4v) is 8.18. The molecule has 0 radical (unpaired) electrons. The highest BCUT2D eigenvalue weighted by atomic mass is 16.3. The van der Waals surface area contributed by atoms with Crippen molar-refractivity contribution in [2.45, 2.75) is 26.2 Å². The van der Waals surface area contributed by atoms with Crippen LogP contribution in [-0.4, -0.2) is 0 Å². The first-order valence-corrected chi connectivity index (χ1v) is 19.1. The molecule has 0 amide bonds. The van der Waals surface area contributed by atoms with Crippen molar-refractivity contribution in [3.63, 3.8) is 0 Å². The number of benzene rings is 8. The van der Waals surface area contributed by atoms with Crippen molar-refractivity contribution in [1.29, 1.82) is 0 Å². The summed E-state index contributed by atoms with van der Waals surface area (Å²) in [5, 5.41) is 2.36. The Morgan fingerprint density at radius 3 is 1.82 bits per heavy atom. The minimum Gasteiger partial charge on any atom is -0.455 e. The Balaban J connectivity index is 0.000000167. The van der Waals surface area contributed by atoms with Gasteiger partial charge in [0.15, 0.2) is 0 Å². The molecule has 1 aliphatic rings. The molecule has 0 spiro atoms. The van der Waals surface area contributed by atoms with Gasteiger partial charge in [0.05, 0.1) is 0 Å². The van der Waals surface area contributed by atoms with Gasteiger partial charge >= 0.3 is 0 Å². The minimum absolute atomic E-state index is 0.00716.